The van der Waals surface area contributed by atoms with Crippen LogP contribution in [0.2, 0.25) is 0 Å². The first kappa shape index (κ1) is 15.5. The van der Waals surface area contributed by atoms with Gasteiger partial charge in [-0.1, -0.05) is 0 Å². The van der Waals surface area contributed by atoms with Crippen molar-refractivity contribution < 1.29 is 9.90 Å². The second-order valence-electron chi connectivity index (χ2n) is 6.60. The Morgan fingerprint density at radius 2 is 2.05 bits per heavy atom. The number of hydrogen-bond acceptors (Lipinski definition) is 4. The predicted molar refractivity (Wildman–Crippen MR) is 83.3 cm³/mol. The van der Waals surface area contributed by atoms with Gasteiger partial charge >= 0.3 is 0 Å². The maximum Gasteiger partial charge on any atom is 0.250 e. The minimum atomic E-state index is -0.535. The van der Waals surface area contributed by atoms with E-state index in [1.807, 2.05) is 28.8 Å². The fourth-order valence-corrected chi connectivity index (χ4v) is 3.78. The lowest BCUT2D eigenvalue weighted by molar-refractivity contribution is -0.145. The maximum absolute atomic E-state index is 13.2. The number of likely N-dealkylation sites (tertiary alicyclic amines) is 1. The van der Waals surface area contributed by atoms with Gasteiger partial charge in [0.25, 0.3) is 5.91 Å². The van der Waals surface area contributed by atoms with E-state index in [1.165, 1.54) is 0 Å². The Bertz CT molecular complexity index is 486. The number of rotatable bonds is 3. The summed E-state index contributed by atoms with van der Waals surface area (Å²) in [6, 6.07) is 1.89. The Kier molecular flexibility index (Phi) is 4.49. The number of nitrogens with zero attached hydrogens (tertiary/aromatic N) is 3. The topological polar surface area (TPSA) is 70.4 Å². The Hall–Kier alpha value is -1.40. The summed E-state index contributed by atoms with van der Waals surface area (Å²) in [6.07, 6.45) is 6.71. The van der Waals surface area contributed by atoms with Crippen molar-refractivity contribution in [1.82, 2.24) is 20.0 Å². The average molecular weight is 306 g/mol. The van der Waals surface area contributed by atoms with Crippen molar-refractivity contribution in [2.45, 2.75) is 44.2 Å². The summed E-state index contributed by atoms with van der Waals surface area (Å²) in [6.45, 7) is 5.02. The van der Waals surface area contributed by atoms with E-state index in [4.69, 9.17) is 0 Å². The summed E-state index contributed by atoms with van der Waals surface area (Å²) >= 11 is 0. The summed E-state index contributed by atoms with van der Waals surface area (Å²) in [7, 11) is 0. The predicted octanol–water partition coefficient (Wildman–Crippen LogP) is 0.581. The van der Waals surface area contributed by atoms with Crippen LogP contribution in [0.3, 0.4) is 0 Å². The van der Waals surface area contributed by atoms with Gasteiger partial charge in [-0.15, -0.1) is 0 Å². The molecule has 1 amide bonds. The zero-order valence-corrected chi connectivity index (χ0v) is 13.2. The lowest BCUT2D eigenvalue weighted by Crippen LogP contribution is -2.57. The number of aliphatic hydroxyl groups is 1. The number of amides is 1. The fourth-order valence-electron chi connectivity index (χ4n) is 3.78. The molecule has 1 atom stereocenters. The van der Waals surface area contributed by atoms with E-state index in [9.17, 15) is 9.90 Å². The van der Waals surface area contributed by atoms with Crippen LogP contribution in [-0.4, -0.2) is 58.0 Å². The van der Waals surface area contributed by atoms with Gasteiger partial charge in [0.1, 0.15) is 5.54 Å². The molecule has 6 nitrogen and oxygen atoms in total. The van der Waals surface area contributed by atoms with Crippen LogP contribution in [-0.2, 0) is 10.3 Å². The molecule has 6 heteroatoms. The first-order chi connectivity index (χ1) is 10.6. The SMILES string of the molecule is CC(O)C1CCN(C(=O)C2(n3cccn3)CCNCC2)CC1. The van der Waals surface area contributed by atoms with Gasteiger partial charge in [0, 0.05) is 25.5 Å². The second kappa shape index (κ2) is 6.38. The molecule has 3 rings (SSSR count). The van der Waals surface area contributed by atoms with E-state index in [1.54, 1.807) is 6.20 Å². The molecule has 2 aliphatic heterocycles. The number of aliphatic hydroxyl groups excluding tert-OH is 1. The molecule has 2 aliphatic rings. The molecule has 0 saturated carbocycles. The molecular formula is C16H26N4O2. The normalized spacial score (nSPS) is 24.2. The number of hydrogen-bond donors (Lipinski definition) is 2. The minimum absolute atomic E-state index is 0.196. The Morgan fingerprint density at radius 3 is 2.59 bits per heavy atom. The highest BCUT2D eigenvalue weighted by Crippen LogP contribution is 2.31. The van der Waals surface area contributed by atoms with Gasteiger partial charge in [0.15, 0.2) is 0 Å². The molecular weight excluding hydrogens is 280 g/mol. The minimum Gasteiger partial charge on any atom is -0.393 e. The zero-order valence-electron chi connectivity index (χ0n) is 13.2. The molecule has 1 unspecified atom stereocenters. The summed E-state index contributed by atoms with van der Waals surface area (Å²) in [5.74, 6) is 0.513. The lowest BCUT2D eigenvalue weighted by Gasteiger charge is -2.42. The zero-order chi connectivity index (χ0) is 15.6. The van der Waals surface area contributed by atoms with Crippen molar-refractivity contribution in [1.29, 1.82) is 0 Å². The van der Waals surface area contributed by atoms with Crippen LogP contribution in [0.25, 0.3) is 0 Å². The molecule has 2 fully saturated rings. The summed E-state index contributed by atoms with van der Waals surface area (Å²) in [5.41, 5.74) is -0.535. The molecule has 1 aromatic heterocycles. The number of carbonyl (C=O) groups is 1. The van der Waals surface area contributed by atoms with Crippen molar-refractivity contribution in [2.24, 2.45) is 5.92 Å². The molecule has 0 bridgehead atoms. The Labute approximate surface area is 131 Å². The van der Waals surface area contributed by atoms with E-state index in [0.29, 0.717) is 5.92 Å². The van der Waals surface area contributed by atoms with Crippen molar-refractivity contribution in [3.63, 3.8) is 0 Å². The third-order valence-electron chi connectivity index (χ3n) is 5.28. The number of piperidine rings is 2. The van der Waals surface area contributed by atoms with Crippen molar-refractivity contribution in [3.8, 4) is 0 Å². The van der Waals surface area contributed by atoms with Crippen LogP contribution in [0.5, 0.6) is 0 Å². The Balaban J connectivity index is 1.76. The molecule has 122 valence electrons. The molecule has 0 spiro atoms. The number of nitrogens with one attached hydrogen (secondary N) is 1. The van der Waals surface area contributed by atoms with E-state index < -0.39 is 5.54 Å². The van der Waals surface area contributed by atoms with Gasteiger partial charge < -0.3 is 15.3 Å². The number of aromatic nitrogens is 2. The highest BCUT2D eigenvalue weighted by atomic mass is 16.3. The molecule has 2 saturated heterocycles. The summed E-state index contributed by atoms with van der Waals surface area (Å²) in [5, 5.41) is 17.4. The van der Waals surface area contributed by atoms with Gasteiger partial charge in [0.2, 0.25) is 0 Å². The van der Waals surface area contributed by atoms with Crippen LogP contribution < -0.4 is 5.32 Å². The first-order valence-corrected chi connectivity index (χ1v) is 8.32. The fraction of sp³-hybridized carbons (Fsp3) is 0.750. The van der Waals surface area contributed by atoms with E-state index in [2.05, 4.69) is 10.4 Å². The van der Waals surface area contributed by atoms with Gasteiger partial charge in [-0.3, -0.25) is 9.48 Å². The van der Waals surface area contributed by atoms with Gasteiger partial charge in [-0.05, 0) is 57.7 Å². The second-order valence-corrected chi connectivity index (χ2v) is 6.60. The maximum atomic E-state index is 13.2. The third kappa shape index (κ3) is 2.77. The highest BCUT2D eigenvalue weighted by molar-refractivity contribution is 5.84. The van der Waals surface area contributed by atoms with Gasteiger partial charge in [-0.2, -0.15) is 5.10 Å². The average Bonchev–Trinajstić information content (AvgIpc) is 3.10. The van der Waals surface area contributed by atoms with E-state index >= 15 is 0 Å². The monoisotopic (exact) mass is 306 g/mol. The quantitative estimate of drug-likeness (QED) is 0.857. The first-order valence-electron chi connectivity index (χ1n) is 8.32. The molecule has 2 N–H and O–H groups in total. The molecule has 0 aliphatic carbocycles. The van der Waals surface area contributed by atoms with E-state index in [-0.39, 0.29) is 12.0 Å². The van der Waals surface area contributed by atoms with Crippen molar-refractivity contribution >= 4 is 5.91 Å². The molecule has 3 heterocycles. The molecule has 0 aromatic carbocycles. The standard InChI is InChI=1S/C16H26N4O2/c1-13(21)14-3-11-19(12-4-14)15(22)16(5-8-17-9-6-16)20-10-2-7-18-20/h2,7,10,13-14,17,21H,3-6,8-9,11-12H2,1H3. The van der Waals surface area contributed by atoms with Crippen molar-refractivity contribution in [3.05, 3.63) is 18.5 Å². The van der Waals surface area contributed by atoms with Gasteiger partial charge in [-0.25, -0.2) is 0 Å². The largest absolute Gasteiger partial charge is 0.393 e. The van der Waals surface area contributed by atoms with Crippen molar-refractivity contribution in [2.75, 3.05) is 26.2 Å². The van der Waals surface area contributed by atoms with Crippen LogP contribution in [0.4, 0.5) is 0 Å². The van der Waals surface area contributed by atoms with E-state index in [0.717, 1.165) is 51.9 Å². The van der Waals surface area contributed by atoms with Gasteiger partial charge in [0.05, 0.1) is 6.10 Å². The van der Waals surface area contributed by atoms with Crippen LogP contribution >= 0.6 is 0 Å². The lowest BCUT2D eigenvalue weighted by atomic mass is 9.85. The molecule has 22 heavy (non-hydrogen) atoms. The Morgan fingerprint density at radius 1 is 1.36 bits per heavy atom. The van der Waals surface area contributed by atoms with Crippen LogP contribution in [0.15, 0.2) is 18.5 Å². The molecule has 0 radical (unpaired) electrons. The van der Waals surface area contributed by atoms with Crippen LogP contribution in [0.1, 0.15) is 32.6 Å². The molecule has 1 aromatic rings. The highest BCUT2D eigenvalue weighted by Gasteiger charge is 2.45. The third-order valence-corrected chi connectivity index (χ3v) is 5.28. The summed E-state index contributed by atoms with van der Waals surface area (Å²) in [4.78, 5) is 15.2. The smallest absolute Gasteiger partial charge is 0.250 e. The number of carbonyl (C=O) groups excluding carboxylic acids is 1. The van der Waals surface area contributed by atoms with Crippen LogP contribution in [0, 0.1) is 5.92 Å². The summed E-state index contributed by atoms with van der Waals surface area (Å²) < 4.78 is 1.86.